The number of hydrogen-bond donors (Lipinski definition) is 0. The molecule has 1 fully saturated rings. The van der Waals surface area contributed by atoms with Crippen LogP contribution < -0.4 is 0 Å². The van der Waals surface area contributed by atoms with Gasteiger partial charge >= 0.3 is 0 Å². The molecule has 0 spiro atoms. The first-order valence-corrected chi connectivity index (χ1v) is 9.50. The molecule has 0 aromatic carbocycles. The summed E-state index contributed by atoms with van der Waals surface area (Å²) >= 11 is 1.83. The van der Waals surface area contributed by atoms with Gasteiger partial charge in [-0.15, -0.1) is 11.3 Å². The van der Waals surface area contributed by atoms with E-state index in [1.165, 1.54) is 4.88 Å². The van der Waals surface area contributed by atoms with Crippen molar-refractivity contribution in [3.8, 4) is 0 Å². The van der Waals surface area contributed by atoms with E-state index in [0.29, 0.717) is 12.0 Å². The summed E-state index contributed by atoms with van der Waals surface area (Å²) in [7, 11) is 2.14. The summed E-state index contributed by atoms with van der Waals surface area (Å²) in [5, 5.41) is 2.16. The van der Waals surface area contributed by atoms with Crippen molar-refractivity contribution in [3.05, 3.63) is 40.2 Å². The normalized spacial score (nSPS) is 17.7. The molecule has 0 unspecified atom stereocenters. The Balaban J connectivity index is 1.64. The monoisotopic (exact) mass is 349 g/mol. The van der Waals surface area contributed by atoms with Crippen LogP contribution in [0, 0.1) is 0 Å². The number of thiophene rings is 1. The molecule has 2 aromatic rings. The summed E-state index contributed by atoms with van der Waals surface area (Å²) in [5.74, 6) is 2.14. The average molecular weight is 350 g/mol. The van der Waals surface area contributed by atoms with Gasteiger partial charge in [-0.1, -0.05) is 19.9 Å². The molecule has 2 aromatic heterocycles. The lowest BCUT2D eigenvalue weighted by atomic mass is 10.1. The summed E-state index contributed by atoms with van der Waals surface area (Å²) in [6.45, 7) is 9.57. The quantitative estimate of drug-likeness (QED) is 0.767. The van der Waals surface area contributed by atoms with Gasteiger partial charge < -0.3 is 9.15 Å². The fraction of sp³-hybridized carbons (Fsp3) is 0.611. The molecular formula is C18H27N3O2S. The van der Waals surface area contributed by atoms with Crippen LogP contribution in [0.2, 0.25) is 0 Å². The first-order valence-electron chi connectivity index (χ1n) is 8.62. The van der Waals surface area contributed by atoms with Gasteiger partial charge in [-0.25, -0.2) is 4.98 Å². The molecule has 1 atom stereocenters. The van der Waals surface area contributed by atoms with Gasteiger partial charge in [-0.05, 0) is 18.5 Å². The number of rotatable bonds is 7. The highest BCUT2D eigenvalue weighted by Gasteiger charge is 2.25. The molecule has 24 heavy (non-hydrogen) atoms. The Morgan fingerprint density at radius 2 is 2.12 bits per heavy atom. The van der Waals surface area contributed by atoms with Crippen molar-refractivity contribution in [2.75, 3.05) is 39.9 Å². The van der Waals surface area contributed by atoms with Gasteiger partial charge in [-0.3, -0.25) is 9.80 Å². The van der Waals surface area contributed by atoms with Crippen LogP contribution in [0.25, 0.3) is 0 Å². The Morgan fingerprint density at radius 3 is 2.75 bits per heavy atom. The SMILES string of the molecule is CC(C)c1cnc(CN(C)C[C@H](c2cccs2)N2CCOCC2)o1. The first kappa shape index (κ1) is 17.6. The van der Waals surface area contributed by atoms with Crippen LogP contribution in [0.5, 0.6) is 0 Å². The van der Waals surface area contributed by atoms with E-state index >= 15 is 0 Å². The smallest absolute Gasteiger partial charge is 0.208 e. The number of aromatic nitrogens is 1. The Morgan fingerprint density at radius 1 is 1.33 bits per heavy atom. The molecule has 6 heteroatoms. The van der Waals surface area contributed by atoms with Gasteiger partial charge in [0.1, 0.15) is 5.76 Å². The number of likely N-dealkylation sites (N-methyl/N-ethyl adjacent to an activating group) is 1. The summed E-state index contributed by atoms with van der Waals surface area (Å²) in [5.41, 5.74) is 0. The largest absolute Gasteiger partial charge is 0.444 e. The van der Waals surface area contributed by atoms with E-state index in [-0.39, 0.29) is 0 Å². The number of ether oxygens (including phenoxy) is 1. The second-order valence-electron chi connectivity index (χ2n) is 6.69. The summed E-state index contributed by atoms with van der Waals surface area (Å²) in [4.78, 5) is 10.7. The molecule has 0 saturated carbocycles. The van der Waals surface area contributed by atoms with Gasteiger partial charge in [0, 0.05) is 30.4 Å². The second-order valence-corrected chi connectivity index (χ2v) is 7.67. The Kier molecular flexibility index (Phi) is 6.05. The second kappa shape index (κ2) is 8.25. The standard InChI is InChI=1S/C18H27N3O2S/c1-14(2)16-11-19-18(23-16)13-20(3)12-15(17-5-4-10-24-17)21-6-8-22-9-7-21/h4-5,10-11,14-15H,6-9,12-13H2,1-3H3/t15-/m1/s1. The zero-order valence-electron chi connectivity index (χ0n) is 14.8. The molecule has 3 heterocycles. The highest BCUT2D eigenvalue weighted by atomic mass is 32.1. The highest BCUT2D eigenvalue weighted by Crippen LogP contribution is 2.27. The van der Waals surface area contributed by atoms with E-state index in [0.717, 1.165) is 51.0 Å². The van der Waals surface area contributed by atoms with Gasteiger partial charge in [-0.2, -0.15) is 0 Å². The minimum atomic E-state index is 0.378. The third-order valence-corrected chi connectivity index (χ3v) is 5.36. The fourth-order valence-corrected chi connectivity index (χ4v) is 3.86. The molecule has 1 aliphatic rings. The van der Waals surface area contributed by atoms with Crippen molar-refractivity contribution in [1.82, 2.24) is 14.8 Å². The van der Waals surface area contributed by atoms with E-state index < -0.39 is 0 Å². The number of morpholine rings is 1. The number of oxazole rings is 1. The van der Waals surface area contributed by atoms with Gasteiger partial charge in [0.05, 0.1) is 32.0 Å². The van der Waals surface area contributed by atoms with E-state index in [1.807, 2.05) is 17.5 Å². The summed E-state index contributed by atoms with van der Waals surface area (Å²) < 4.78 is 11.4. The molecule has 3 rings (SSSR count). The summed E-state index contributed by atoms with van der Waals surface area (Å²) in [6.07, 6.45) is 1.85. The number of nitrogens with zero attached hydrogens (tertiary/aromatic N) is 3. The van der Waals surface area contributed by atoms with Gasteiger partial charge in [0.2, 0.25) is 5.89 Å². The van der Waals surface area contributed by atoms with Crippen molar-refractivity contribution >= 4 is 11.3 Å². The zero-order chi connectivity index (χ0) is 16.9. The van der Waals surface area contributed by atoms with Crippen molar-refractivity contribution in [1.29, 1.82) is 0 Å². The molecule has 0 aliphatic carbocycles. The molecule has 1 saturated heterocycles. The van der Waals surface area contributed by atoms with E-state index in [4.69, 9.17) is 9.15 Å². The van der Waals surface area contributed by atoms with Crippen molar-refractivity contribution in [3.63, 3.8) is 0 Å². The van der Waals surface area contributed by atoms with Crippen LogP contribution in [0.15, 0.2) is 28.1 Å². The van der Waals surface area contributed by atoms with Crippen LogP contribution in [0.4, 0.5) is 0 Å². The van der Waals surface area contributed by atoms with Crippen LogP contribution >= 0.6 is 11.3 Å². The predicted octanol–water partition coefficient (Wildman–Crippen LogP) is 3.36. The maximum Gasteiger partial charge on any atom is 0.208 e. The molecule has 0 bridgehead atoms. The van der Waals surface area contributed by atoms with Gasteiger partial charge in [0.25, 0.3) is 0 Å². The van der Waals surface area contributed by atoms with Crippen molar-refractivity contribution < 1.29 is 9.15 Å². The minimum Gasteiger partial charge on any atom is -0.444 e. The van der Waals surface area contributed by atoms with E-state index in [9.17, 15) is 0 Å². The minimum absolute atomic E-state index is 0.378. The Labute approximate surface area is 148 Å². The molecule has 5 nitrogen and oxygen atoms in total. The Hall–Kier alpha value is -1.21. The van der Waals surface area contributed by atoms with Crippen molar-refractivity contribution in [2.24, 2.45) is 0 Å². The van der Waals surface area contributed by atoms with E-state index in [2.05, 4.69) is 53.2 Å². The highest BCUT2D eigenvalue weighted by molar-refractivity contribution is 7.10. The average Bonchev–Trinajstić information content (AvgIpc) is 3.25. The fourth-order valence-electron chi connectivity index (χ4n) is 3.01. The lowest BCUT2D eigenvalue weighted by Gasteiger charge is -2.36. The third-order valence-electron chi connectivity index (χ3n) is 4.39. The van der Waals surface area contributed by atoms with Crippen LogP contribution in [0.3, 0.4) is 0 Å². The molecular weight excluding hydrogens is 322 g/mol. The van der Waals surface area contributed by atoms with Crippen LogP contribution in [-0.4, -0.2) is 54.7 Å². The predicted molar refractivity (Wildman–Crippen MR) is 96.4 cm³/mol. The zero-order valence-corrected chi connectivity index (χ0v) is 15.6. The lowest BCUT2D eigenvalue weighted by Crippen LogP contribution is -2.42. The lowest BCUT2D eigenvalue weighted by molar-refractivity contribution is 0.00916. The third kappa shape index (κ3) is 4.45. The first-order chi connectivity index (χ1) is 11.6. The van der Waals surface area contributed by atoms with Crippen molar-refractivity contribution in [2.45, 2.75) is 32.4 Å². The molecule has 0 N–H and O–H groups in total. The summed E-state index contributed by atoms with van der Waals surface area (Å²) in [6, 6.07) is 4.77. The Bertz CT molecular complexity index is 606. The van der Waals surface area contributed by atoms with E-state index in [1.54, 1.807) is 0 Å². The molecule has 0 radical (unpaired) electrons. The molecule has 0 amide bonds. The van der Waals surface area contributed by atoms with Gasteiger partial charge in [0.15, 0.2) is 0 Å². The molecule has 132 valence electrons. The topological polar surface area (TPSA) is 41.7 Å². The molecule has 1 aliphatic heterocycles. The maximum absolute atomic E-state index is 5.85. The van der Waals surface area contributed by atoms with Crippen LogP contribution in [-0.2, 0) is 11.3 Å². The maximum atomic E-state index is 5.85. The van der Waals surface area contributed by atoms with Crippen LogP contribution in [0.1, 0.15) is 42.3 Å². The number of hydrogen-bond acceptors (Lipinski definition) is 6.